The van der Waals surface area contributed by atoms with Gasteiger partial charge < -0.3 is 0 Å². The molecule has 0 unspecified atom stereocenters. The van der Waals surface area contributed by atoms with Gasteiger partial charge in [0.05, 0.1) is 0 Å². The normalized spacial score (nSPS) is 9.42. The van der Waals surface area contributed by atoms with E-state index in [0.717, 1.165) is 12.8 Å². The average molecular weight is 162 g/mol. The van der Waals surface area contributed by atoms with Crippen molar-refractivity contribution in [2.24, 2.45) is 0 Å². The predicted molar refractivity (Wildman–Crippen MR) is 63.3 cm³/mol. The Kier molecular flexibility index (Phi) is 7.23. The van der Waals surface area contributed by atoms with Gasteiger partial charge in [-0.2, -0.15) is 0 Å². The summed E-state index contributed by atoms with van der Waals surface area (Å²) >= 11 is 0. The molecule has 0 heterocycles. The van der Waals surface area contributed by atoms with Crippen molar-refractivity contribution in [1.29, 1.82) is 0 Å². The van der Waals surface area contributed by atoms with E-state index in [-0.39, 0.29) is 0 Å². The van der Waals surface area contributed by atoms with Gasteiger partial charge in [0.2, 0.25) is 0 Å². The van der Waals surface area contributed by atoms with Crippen molar-refractivity contribution in [3.63, 3.8) is 0 Å². The molecule has 0 bridgehead atoms. The van der Waals surface area contributed by atoms with Crippen LogP contribution in [0.25, 0.3) is 0 Å². The molecule has 0 aliphatic carbocycles. The second-order valence-corrected chi connectivity index (χ2v) is 3.66. The second-order valence-electron chi connectivity index (χ2n) is 3.66. The minimum atomic E-state index is 1.12. The molecular weight excluding hydrogens is 142 g/mol. The van der Waals surface area contributed by atoms with Crippen molar-refractivity contribution in [3.8, 4) is 0 Å². The van der Waals surface area contributed by atoms with Crippen LogP contribution in [0.2, 0.25) is 12.6 Å². The van der Waals surface area contributed by atoms with E-state index < -0.39 is 0 Å². The van der Waals surface area contributed by atoms with Crippen molar-refractivity contribution in [2.75, 3.05) is 0 Å². The van der Waals surface area contributed by atoms with E-state index in [0.29, 0.717) is 0 Å². The summed E-state index contributed by atoms with van der Waals surface area (Å²) in [5.41, 5.74) is 2.66. The Bertz CT molecular complexity index is 150. The third-order valence-electron chi connectivity index (χ3n) is 2.04. The molecule has 12 heavy (non-hydrogen) atoms. The topological polar surface area (TPSA) is 0 Å². The Labute approximate surface area is 78.8 Å². The number of allylic oxidation sites excluding steroid dienone is 1. The quantitative estimate of drug-likeness (QED) is 0.305. The predicted octanol–water partition coefficient (Wildman–Crippen LogP) is 2.10. The summed E-state index contributed by atoms with van der Waals surface area (Å²) in [6, 6.07) is 0. The molecule has 2 heteroatoms. The van der Waals surface area contributed by atoms with Crippen LogP contribution in [0, 0.1) is 0 Å². The molecule has 0 aromatic rings. The molecule has 0 saturated carbocycles. The van der Waals surface area contributed by atoms with Crippen molar-refractivity contribution in [1.82, 2.24) is 0 Å². The minimum absolute atomic E-state index is 1.12. The van der Waals surface area contributed by atoms with Crippen LogP contribution in [0.3, 0.4) is 0 Å². The van der Waals surface area contributed by atoms with E-state index in [9.17, 15) is 0 Å². The molecule has 0 amide bonds. The number of hydrogen-bond donors (Lipinski definition) is 0. The molecule has 0 N–H and O–H groups in total. The van der Waals surface area contributed by atoms with Crippen LogP contribution in [-0.2, 0) is 0 Å². The van der Waals surface area contributed by atoms with Crippen LogP contribution < -0.4 is 0 Å². The molecule has 0 aliphatic heterocycles. The third kappa shape index (κ3) is 7.84. The summed E-state index contributed by atoms with van der Waals surface area (Å²) in [6.07, 6.45) is 6.07. The zero-order valence-electron chi connectivity index (χ0n) is 8.66. The zero-order chi connectivity index (χ0) is 9.40. The van der Waals surface area contributed by atoms with E-state index in [1.54, 1.807) is 0 Å². The summed E-state index contributed by atoms with van der Waals surface area (Å²) in [4.78, 5) is 0. The molecule has 0 aliphatic rings. The molecule has 0 rings (SSSR count). The maximum atomic E-state index is 4.06. The van der Waals surface area contributed by atoms with Crippen molar-refractivity contribution < 1.29 is 0 Å². The van der Waals surface area contributed by atoms with Gasteiger partial charge in [-0.25, -0.2) is 0 Å². The average Bonchev–Trinajstić information content (AvgIpc) is 2.01. The Balaban J connectivity index is 3.28. The van der Waals surface area contributed by atoms with Crippen molar-refractivity contribution in [3.05, 3.63) is 12.2 Å². The molecule has 0 radical (unpaired) electrons. The van der Waals surface area contributed by atoms with Gasteiger partial charge in [0.25, 0.3) is 0 Å². The van der Waals surface area contributed by atoms with Crippen molar-refractivity contribution in [2.45, 2.75) is 45.8 Å². The SMILES string of the molecule is B=C(CCBCC)CCC(=C)C. The first-order valence-electron chi connectivity index (χ1n) is 4.97. The van der Waals surface area contributed by atoms with Crippen LogP contribution in [0.4, 0.5) is 0 Å². The molecule has 0 spiro atoms. The van der Waals surface area contributed by atoms with Gasteiger partial charge in [-0.15, -0.1) is 0 Å². The zero-order valence-corrected chi connectivity index (χ0v) is 8.66. The fourth-order valence-corrected chi connectivity index (χ4v) is 1.14. The Morgan fingerprint density at radius 1 is 1.33 bits per heavy atom. The molecule has 0 atom stereocenters. The molecule has 0 nitrogen and oxygen atoms in total. The van der Waals surface area contributed by atoms with E-state index >= 15 is 0 Å². The molecule has 0 aromatic carbocycles. The van der Waals surface area contributed by atoms with Gasteiger partial charge in [0.15, 0.2) is 0 Å². The molecule has 0 saturated heterocycles. The first-order chi connectivity index (χ1) is 5.66. The molecule has 0 fully saturated rings. The van der Waals surface area contributed by atoms with Crippen LogP contribution in [0.15, 0.2) is 12.2 Å². The van der Waals surface area contributed by atoms with Gasteiger partial charge in [-0.1, -0.05) is 0 Å². The summed E-state index contributed by atoms with van der Waals surface area (Å²) in [7, 11) is 5.40. The van der Waals surface area contributed by atoms with E-state index in [4.69, 9.17) is 0 Å². The number of hydrogen-bond acceptors (Lipinski definition) is 0. The van der Waals surface area contributed by atoms with E-state index in [2.05, 4.69) is 27.9 Å². The monoisotopic (exact) mass is 162 g/mol. The molecular formula is C10H20B2. The van der Waals surface area contributed by atoms with Crippen LogP contribution in [0.5, 0.6) is 0 Å². The third-order valence-corrected chi connectivity index (χ3v) is 2.04. The summed E-state index contributed by atoms with van der Waals surface area (Å²) in [5.74, 6) is 0. The fourth-order valence-electron chi connectivity index (χ4n) is 1.14. The van der Waals surface area contributed by atoms with Crippen LogP contribution in [-0.4, -0.2) is 20.2 Å². The van der Waals surface area contributed by atoms with Gasteiger partial charge in [0, 0.05) is 0 Å². The standard InChI is InChI=1S/C10H20B2/c1-4-12-8-7-10(11)6-5-9(2)3/h11-12H,2,4-8H2,1,3H3. The Hall–Kier alpha value is -0.260. The van der Waals surface area contributed by atoms with Gasteiger partial charge in [0.1, 0.15) is 0 Å². The Morgan fingerprint density at radius 2 is 2.00 bits per heavy atom. The first kappa shape index (κ1) is 11.7. The maximum absolute atomic E-state index is 4.06. The molecule has 66 valence electrons. The van der Waals surface area contributed by atoms with Gasteiger partial charge in [-0.3, -0.25) is 0 Å². The summed E-state index contributed by atoms with van der Waals surface area (Å²) in [5, 5.41) is 0. The van der Waals surface area contributed by atoms with Gasteiger partial charge in [-0.05, 0) is 0 Å². The molecule has 0 aromatic heterocycles. The first-order valence-corrected chi connectivity index (χ1v) is 4.97. The van der Waals surface area contributed by atoms with E-state index in [1.165, 1.54) is 37.4 Å². The Morgan fingerprint density at radius 3 is 2.50 bits per heavy atom. The van der Waals surface area contributed by atoms with Gasteiger partial charge >= 0.3 is 78.1 Å². The van der Waals surface area contributed by atoms with Crippen molar-refractivity contribution >= 4 is 20.2 Å². The number of rotatable bonds is 7. The second kappa shape index (κ2) is 7.39. The van der Waals surface area contributed by atoms with Crippen LogP contribution in [0.1, 0.15) is 33.1 Å². The summed E-state index contributed by atoms with van der Waals surface area (Å²) in [6.45, 7) is 8.20. The van der Waals surface area contributed by atoms with Crippen LogP contribution >= 0.6 is 0 Å². The summed E-state index contributed by atoms with van der Waals surface area (Å²) < 4.78 is 0. The fraction of sp³-hybridized carbons (Fsp3) is 0.700. The van der Waals surface area contributed by atoms with E-state index in [1.807, 2.05) is 0 Å².